The summed E-state index contributed by atoms with van der Waals surface area (Å²) in [5.74, 6) is -0.244. The molecule has 19 heavy (non-hydrogen) atoms. The summed E-state index contributed by atoms with van der Waals surface area (Å²) in [6, 6.07) is 5.28. The van der Waals surface area contributed by atoms with Crippen LogP contribution in [0.4, 0.5) is 0 Å². The number of fused-ring (bicyclic) bond motifs is 1. The summed E-state index contributed by atoms with van der Waals surface area (Å²) in [4.78, 5) is 15.6. The topological polar surface area (TPSA) is 75.4 Å². The Morgan fingerprint density at radius 3 is 2.74 bits per heavy atom. The van der Waals surface area contributed by atoms with Gasteiger partial charge in [0.25, 0.3) is 0 Å². The lowest BCUT2D eigenvalue weighted by molar-refractivity contribution is -0.148. The molecule has 0 spiro atoms. The monoisotopic (exact) mass is 262 g/mol. The summed E-state index contributed by atoms with van der Waals surface area (Å²) >= 11 is 0. The number of aliphatic carboxylic acids is 1. The molecule has 1 atom stereocenters. The van der Waals surface area contributed by atoms with Gasteiger partial charge in [0.2, 0.25) is 0 Å². The van der Waals surface area contributed by atoms with E-state index in [9.17, 15) is 9.90 Å². The van der Waals surface area contributed by atoms with Gasteiger partial charge in [-0.1, -0.05) is 6.07 Å². The van der Waals surface area contributed by atoms with Crippen LogP contribution >= 0.6 is 0 Å². The van der Waals surface area contributed by atoms with Crippen LogP contribution in [0.25, 0.3) is 11.1 Å². The molecule has 1 unspecified atom stereocenters. The van der Waals surface area contributed by atoms with Gasteiger partial charge in [-0.2, -0.15) is 0 Å². The fraction of sp³-hybridized carbons (Fsp3) is 0.429. The Kier molecular flexibility index (Phi) is 3.32. The van der Waals surface area contributed by atoms with Crippen molar-refractivity contribution in [3.8, 4) is 0 Å². The van der Waals surface area contributed by atoms with Crippen molar-refractivity contribution in [1.29, 1.82) is 0 Å². The number of rotatable bonds is 4. The lowest BCUT2D eigenvalue weighted by Crippen LogP contribution is -2.38. The molecule has 0 aliphatic rings. The van der Waals surface area contributed by atoms with Crippen LogP contribution in [0.3, 0.4) is 0 Å². The van der Waals surface area contributed by atoms with Gasteiger partial charge in [0.1, 0.15) is 5.52 Å². The largest absolute Gasteiger partial charge is 0.481 e. The number of carboxylic acids is 1. The molecule has 5 heteroatoms. The lowest BCUT2D eigenvalue weighted by Gasteiger charge is -2.30. The second-order valence-corrected chi connectivity index (χ2v) is 5.21. The van der Waals surface area contributed by atoms with Crippen LogP contribution in [0.15, 0.2) is 22.6 Å². The first-order valence-electron chi connectivity index (χ1n) is 6.14. The molecule has 102 valence electrons. The Morgan fingerprint density at radius 1 is 1.47 bits per heavy atom. The van der Waals surface area contributed by atoms with Gasteiger partial charge in [0, 0.05) is 13.0 Å². The Bertz CT molecular complexity index is 616. The van der Waals surface area contributed by atoms with E-state index in [-0.39, 0.29) is 6.04 Å². The number of hydrogen-bond donors (Lipinski definition) is 2. The highest BCUT2D eigenvalue weighted by Crippen LogP contribution is 2.34. The molecule has 0 aliphatic carbocycles. The molecule has 2 N–H and O–H groups in total. The van der Waals surface area contributed by atoms with Crippen LogP contribution in [0.1, 0.15) is 31.3 Å². The number of carboxylic acid groups (broad SMARTS) is 1. The molecular weight excluding hydrogens is 244 g/mol. The second-order valence-electron chi connectivity index (χ2n) is 5.21. The third-order valence-corrected chi connectivity index (χ3v) is 3.41. The van der Waals surface area contributed by atoms with Crippen molar-refractivity contribution in [3.05, 3.63) is 29.7 Å². The van der Waals surface area contributed by atoms with Gasteiger partial charge < -0.3 is 14.8 Å². The zero-order chi connectivity index (χ0) is 14.2. The second kappa shape index (κ2) is 4.66. The van der Waals surface area contributed by atoms with Crippen LogP contribution in [-0.2, 0) is 4.79 Å². The van der Waals surface area contributed by atoms with E-state index in [2.05, 4.69) is 10.3 Å². The number of carbonyl (C=O) groups is 1. The van der Waals surface area contributed by atoms with Crippen molar-refractivity contribution in [2.45, 2.75) is 26.8 Å². The van der Waals surface area contributed by atoms with Crippen molar-refractivity contribution in [2.24, 2.45) is 5.41 Å². The molecule has 1 aromatic carbocycles. The van der Waals surface area contributed by atoms with Crippen molar-refractivity contribution >= 4 is 17.1 Å². The molecule has 1 heterocycles. The number of hydrogen-bond acceptors (Lipinski definition) is 4. The van der Waals surface area contributed by atoms with Crippen LogP contribution in [0, 0.1) is 12.3 Å². The maximum atomic E-state index is 11.4. The predicted octanol–water partition coefficient (Wildman–Crippen LogP) is 2.51. The molecule has 0 aliphatic heterocycles. The standard InChI is InChI=1S/C14H18N2O3/c1-8-16-10-6-5-9(7-11(10)19-8)12(15-4)14(2,3)13(17)18/h5-7,12,15H,1-4H3,(H,17,18). The summed E-state index contributed by atoms with van der Waals surface area (Å²) in [5.41, 5.74) is 1.41. The Morgan fingerprint density at radius 2 is 2.16 bits per heavy atom. The molecule has 5 nitrogen and oxygen atoms in total. The first-order valence-corrected chi connectivity index (χ1v) is 6.14. The molecule has 0 bridgehead atoms. The van der Waals surface area contributed by atoms with Crippen LogP contribution < -0.4 is 5.32 Å². The van der Waals surface area contributed by atoms with E-state index in [4.69, 9.17) is 4.42 Å². The molecular formula is C14H18N2O3. The van der Waals surface area contributed by atoms with Gasteiger partial charge in [-0.25, -0.2) is 4.98 Å². The van der Waals surface area contributed by atoms with Gasteiger partial charge >= 0.3 is 5.97 Å². The minimum Gasteiger partial charge on any atom is -0.481 e. The highest BCUT2D eigenvalue weighted by atomic mass is 16.4. The maximum Gasteiger partial charge on any atom is 0.311 e. The summed E-state index contributed by atoms with van der Waals surface area (Å²) in [6.07, 6.45) is 0. The minimum atomic E-state index is -0.919. The zero-order valence-electron chi connectivity index (χ0n) is 11.5. The van der Waals surface area contributed by atoms with E-state index in [1.54, 1.807) is 27.8 Å². The predicted molar refractivity (Wildman–Crippen MR) is 72.0 cm³/mol. The van der Waals surface area contributed by atoms with Crippen molar-refractivity contribution < 1.29 is 14.3 Å². The van der Waals surface area contributed by atoms with E-state index in [0.29, 0.717) is 11.5 Å². The van der Waals surface area contributed by atoms with E-state index in [1.165, 1.54) is 0 Å². The Labute approximate surface area is 111 Å². The van der Waals surface area contributed by atoms with Gasteiger partial charge in [0.15, 0.2) is 11.5 Å². The zero-order valence-corrected chi connectivity index (χ0v) is 11.5. The quantitative estimate of drug-likeness (QED) is 0.885. The molecule has 0 fully saturated rings. The Balaban J connectivity index is 2.49. The normalized spacial score (nSPS) is 13.7. The van der Waals surface area contributed by atoms with E-state index in [1.807, 2.05) is 18.2 Å². The van der Waals surface area contributed by atoms with Crippen LogP contribution in [0.5, 0.6) is 0 Å². The van der Waals surface area contributed by atoms with Crippen molar-refractivity contribution in [2.75, 3.05) is 7.05 Å². The highest BCUT2D eigenvalue weighted by Gasteiger charge is 2.37. The fourth-order valence-corrected chi connectivity index (χ4v) is 2.30. The average molecular weight is 262 g/mol. The summed E-state index contributed by atoms with van der Waals surface area (Å²) in [6.45, 7) is 5.19. The smallest absolute Gasteiger partial charge is 0.311 e. The molecule has 0 saturated heterocycles. The van der Waals surface area contributed by atoms with Crippen molar-refractivity contribution in [1.82, 2.24) is 10.3 Å². The van der Waals surface area contributed by atoms with E-state index < -0.39 is 11.4 Å². The molecule has 0 radical (unpaired) electrons. The molecule has 1 aromatic heterocycles. The molecule has 0 saturated carbocycles. The van der Waals surface area contributed by atoms with Crippen LogP contribution in [0.2, 0.25) is 0 Å². The van der Waals surface area contributed by atoms with E-state index in [0.717, 1.165) is 11.1 Å². The van der Waals surface area contributed by atoms with Crippen molar-refractivity contribution in [3.63, 3.8) is 0 Å². The SMILES string of the molecule is CNC(c1ccc2nc(C)oc2c1)C(C)(C)C(=O)O. The summed E-state index contributed by atoms with van der Waals surface area (Å²) in [7, 11) is 1.76. The number of nitrogens with zero attached hydrogens (tertiary/aromatic N) is 1. The van der Waals surface area contributed by atoms with Gasteiger partial charge in [0.05, 0.1) is 5.41 Å². The molecule has 2 rings (SSSR count). The van der Waals surface area contributed by atoms with Gasteiger partial charge in [-0.3, -0.25) is 4.79 Å². The lowest BCUT2D eigenvalue weighted by atomic mass is 9.80. The molecule has 0 amide bonds. The first-order chi connectivity index (χ1) is 8.86. The average Bonchev–Trinajstić information content (AvgIpc) is 2.68. The minimum absolute atomic E-state index is 0.306. The number of aryl methyl sites for hydroxylation is 1. The van der Waals surface area contributed by atoms with E-state index >= 15 is 0 Å². The third-order valence-electron chi connectivity index (χ3n) is 3.41. The maximum absolute atomic E-state index is 11.4. The third kappa shape index (κ3) is 2.33. The van der Waals surface area contributed by atoms with Gasteiger partial charge in [-0.15, -0.1) is 0 Å². The number of benzene rings is 1. The number of oxazole rings is 1. The summed E-state index contributed by atoms with van der Waals surface area (Å²) < 4.78 is 5.49. The number of aromatic nitrogens is 1. The van der Waals surface area contributed by atoms with Gasteiger partial charge in [-0.05, 0) is 38.6 Å². The first kappa shape index (κ1) is 13.5. The Hall–Kier alpha value is -1.88. The summed E-state index contributed by atoms with van der Waals surface area (Å²) in [5, 5.41) is 12.4. The fourth-order valence-electron chi connectivity index (χ4n) is 2.30. The molecule has 2 aromatic rings. The number of nitrogens with one attached hydrogen (secondary N) is 1. The highest BCUT2D eigenvalue weighted by molar-refractivity contribution is 5.77. The van der Waals surface area contributed by atoms with Crippen LogP contribution in [-0.4, -0.2) is 23.1 Å².